The molecule has 0 spiro atoms. The summed E-state index contributed by atoms with van der Waals surface area (Å²) in [5, 5.41) is 2.76. The molecule has 25 heavy (non-hydrogen) atoms. The van der Waals surface area contributed by atoms with Gasteiger partial charge < -0.3 is 5.32 Å². The fraction of sp³-hybridized carbons (Fsp3) is 0.278. The van der Waals surface area contributed by atoms with Crippen LogP contribution in [-0.4, -0.2) is 32.4 Å². The number of aryl methyl sites for hydroxylation is 1. The first-order valence-electron chi connectivity index (χ1n) is 7.86. The van der Waals surface area contributed by atoms with Crippen LogP contribution in [0.15, 0.2) is 59.5 Å². The van der Waals surface area contributed by atoms with Gasteiger partial charge in [-0.05, 0) is 49.6 Å². The molecule has 0 fully saturated rings. The van der Waals surface area contributed by atoms with Gasteiger partial charge in [0, 0.05) is 5.69 Å². The molecule has 1 atom stereocenters. The molecule has 2 aromatic rings. The van der Waals surface area contributed by atoms with Gasteiger partial charge in [0.2, 0.25) is 15.9 Å². The maximum Gasteiger partial charge on any atom is 0.242 e. The maximum atomic E-state index is 12.6. The highest BCUT2D eigenvalue weighted by molar-refractivity contribution is 7.98. The van der Waals surface area contributed by atoms with Crippen LogP contribution in [0.5, 0.6) is 0 Å². The van der Waals surface area contributed by atoms with E-state index in [-0.39, 0.29) is 10.8 Å². The third-order valence-corrected chi connectivity index (χ3v) is 5.73. The lowest BCUT2D eigenvalue weighted by molar-refractivity contribution is -0.117. The third-order valence-electron chi connectivity index (χ3n) is 3.60. The molecule has 0 saturated heterocycles. The smallest absolute Gasteiger partial charge is 0.242 e. The molecule has 0 saturated carbocycles. The van der Waals surface area contributed by atoms with Crippen molar-refractivity contribution in [1.82, 2.24) is 4.72 Å². The van der Waals surface area contributed by atoms with Crippen molar-refractivity contribution >= 4 is 33.4 Å². The average molecular weight is 379 g/mol. The molecule has 7 heteroatoms. The Morgan fingerprint density at radius 3 is 2.32 bits per heavy atom. The Morgan fingerprint density at radius 2 is 1.72 bits per heavy atom. The number of sulfonamides is 1. The number of hydrogen-bond donors (Lipinski definition) is 2. The molecule has 0 aliphatic rings. The van der Waals surface area contributed by atoms with E-state index in [2.05, 4.69) is 10.0 Å². The Morgan fingerprint density at radius 1 is 1.08 bits per heavy atom. The number of thioether (sulfide) groups is 1. The van der Waals surface area contributed by atoms with Crippen LogP contribution in [0.2, 0.25) is 0 Å². The second-order valence-corrected chi connectivity index (χ2v) is 8.32. The van der Waals surface area contributed by atoms with Crippen molar-refractivity contribution in [3.63, 3.8) is 0 Å². The molecule has 2 aromatic carbocycles. The van der Waals surface area contributed by atoms with E-state index >= 15 is 0 Å². The molecule has 2 N–H and O–H groups in total. The Labute approximate surface area is 153 Å². The predicted octanol–water partition coefficient (Wildman–Crippen LogP) is 3.03. The van der Waals surface area contributed by atoms with Crippen LogP contribution in [-0.2, 0) is 14.8 Å². The van der Waals surface area contributed by atoms with Crippen LogP contribution in [0, 0.1) is 6.92 Å². The van der Waals surface area contributed by atoms with Crippen molar-refractivity contribution in [3.05, 3.63) is 60.2 Å². The molecule has 0 aliphatic carbocycles. The lowest BCUT2D eigenvalue weighted by Gasteiger charge is -2.18. The highest BCUT2D eigenvalue weighted by Crippen LogP contribution is 2.14. The van der Waals surface area contributed by atoms with Crippen molar-refractivity contribution in [2.24, 2.45) is 0 Å². The summed E-state index contributed by atoms with van der Waals surface area (Å²) in [7, 11) is -3.76. The minimum atomic E-state index is -3.76. The minimum Gasteiger partial charge on any atom is -0.325 e. The number of carbonyl (C=O) groups is 1. The van der Waals surface area contributed by atoms with Gasteiger partial charge in [-0.1, -0.05) is 35.9 Å². The molecule has 0 radical (unpaired) electrons. The van der Waals surface area contributed by atoms with Crippen LogP contribution in [0.4, 0.5) is 5.69 Å². The largest absolute Gasteiger partial charge is 0.325 e. The van der Waals surface area contributed by atoms with Crippen molar-refractivity contribution < 1.29 is 13.2 Å². The van der Waals surface area contributed by atoms with Crippen LogP contribution < -0.4 is 10.0 Å². The lowest BCUT2D eigenvalue weighted by Crippen LogP contribution is -2.44. The number of carbonyl (C=O) groups excluding carboxylic acids is 1. The number of rotatable bonds is 8. The number of amides is 1. The molecule has 1 unspecified atom stereocenters. The van der Waals surface area contributed by atoms with Crippen molar-refractivity contribution in [2.45, 2.75) is 24.3 Å². The van der Waals surface area contributed by atoms with E-state index in [1.165, 1.54) is 0 Å². The van der Waals surface area contributed by atoms with Crippen molar-refractivity contribution in [2.75, 3.05) is 17.3 Å². The first-order valence-corrected chi connectivity index (χ1v) is 10.7. The average Bonchev–Trinajstić information content (AvgIpc) is 2.59. The topological polar surface area (TPSA) is 75.3 Å². The van der Waals surface area contributed by atoms with E-state index in [1.54, 1.807) is 48.2 Å². The molecule has 0 bridgehead atoms. The zero-order valence-electron chi connectivity index (χ0n) is 14.2. The Bertz CT molecular complexity index is 791. The first kappa shape index (κ1) is 19.5. The molecule has 2 rings (SSSR count). The summed E-state index contributed by atoms with van der Waals surface area (Å²) in [6.07, 6.45) is 2.32. The highest BCUT2D eigenvalue weighted by atomic mass is 32.2. The van der Waals surface area contributed by atoms with E-state index in [1.807, 2.05) is 31.4 Å². The van der Waals surface area contributed by atoms with E-state index < -0.39 is 16.1 Å². The monoisotopic (exact) mass is 378 g/mol. The van der Waals surface area contributed by atoms with E-state index in [9.17, 15) is 13.2 Å². The molecule has 0 aromatic heterocycles. The maximum absolute atomic E-state index is 12.6. The molecule has 0 aliphatic heterocycles. The predicted molar refractivity (Wildman–Crippen MR) is 103 cm³/mol. The van der Waals surface area contributed by atoms with Gasteiger partial charge in [0.1, 0.15) is 6.04 Å². The summed E-state index contributed by atoms with van der Waals surface area (Å²) in [6.45, 7) is 1.89. The summed E-state index contributed by atoms with van der Waals surface area (Å²) < 4.78 is 27.7. The summed E-state index contributed by atoms with van der Waals surface area (Å²) in [4.78, 5) is 12.7. The SMILES string of the molecule is CSCCC(NS(=O)(=O)c1ccc(C)cc1)C(=O)Nc1ccccc1. The zero-order valence-corrected chi connectivity index (χ0v) is 15.9. The Hall–Kier alpha value is -1.83. The van der Waals surface area contributed by atoms with Gasteiger partial charge in [-0.15, -0.1) is 0 Å². The van der Waals surface area contributed by atoms with Gasteiger partial charge in [-0.25, -0.2) is 8.42 Å². The van der Waals surface area contributed by atoms with E-state index in [0.717, 1.165) is 5.56 Å². The standard InChI is InChI=1S/C18H22N2O3S2/c1-14-8-10-16(11-9-14)25(22,23)20-17(12-13-24-2)18(21)19-15-6-4-3-5-7-15/h3-11,17,20H,12-13H2,1-2H3,(H,19,21). The van der Waals surface area contributed by atoms with E-state index in [0.29, 0.717) is 17.9 Å². The van der Waals surface area contributed by atoms with Gasteiger partial charge in [-0.3, -0.25) is 4.79 Å². The molecule has 5 nitrogen and oxygen atoms in total. The normalized spacial score (nSPS) is 12.6. The Kier molecular flexibility index (Phi) is 7.04. The molecule has 0 heterocycles. The number of para-hydroxylation sites is 1. The lowest BCUT2D eigenvalue weighted by atomic mass is 10.2. The second kappa shape index (κ2) is 9.03. The second-order valence-electron chi connectivity index (χ2n) is 5.62. The quantitative estimate of drug-likeness (QED) is 0.740. The van der Waals surface area contributed by atoms with Gasteiger partial charge in [0.25, 0.3) is 0 Å². The molecular formula is C18H22N2O3S2. The van der Waals surface area contributed by atoms with Crippen LogP contribution in [0.3, 0.4) is 0 Å². The van der Waals surface area contributed by atoms with Crippen LogP contribution >= 0.6 is 11.8 Å². The van der Waals surface area contributed by atoms with Crippen LogP contribution in [0.1, 0.15) is 12.0 Å². The van der Waals surface area contributed by atoms with Crippen molar-refractivity contribution in [1.29, 1.82) is 0 Å². The molecule has 134 valence electrons. The van der Waals surface area contributed by atoms with Gasteiger partial charge in [0.05, 0.1) is 4.90 Å². The van der Waals surface area contributed by atoms with E-state index in [4.69, 9.17) is 0 Å². The number of hydrogen-bond acceptors (Lipinski definition) is 4. The van der Waals surface area contributed by atoms with Crippen molar-refractivity contribution in [3.8, 4) is 0 Å². The van der Waals surface area contributed by atoms with Gasteiger partial charge in [0.15, 0.2) is 0 Å². The molecule has 1 amide bonds. The summed E-state index contributed by atoms with van der Waals surface area (Å²) in [6, 6.07) is 14.7. The molecular weight excluding hydrogens is 356 g/mol. The fourth-order valence-electron chi connectivity index (χ4n) is 2.20. The minimum absolute atomic E-state index is 0.153. The number of anilines is 1. The van der Waals surface area contributed by atoms with Gasteiger partial charge in [-0.2, -0.15) is 16.5 Å². The Balaban J connectivity index is 2.15. The number of benzene rings is 2. The third kappa shape index (κ3) is 5.88. The van der Waals surface area contributed by atoms with Crippen LogP contribution in [0.25, 0.3) is 0 Å². The fourth-order valence-corrected chi connectivity index (χ4v) is 3.90. The van der Waals surface area contributed by atoms with Gasteiger partial charge >= 0.3 is 0 Å². The zero-order chi connectivity index (χ0) is 18.3. The summed E-state index contributed by atoms with van der Waals surface area (Å²) in [5.41, 5.74) is 1.61. The highest BCUT2D eigenvalue weighted by Gasteiger charge is 2.25. The first-order chi connectivity index (χ1) is 11.9. The number of nitrogens with one attached hydrogen (secondary N) is 2. The summed E-state index contributed by atoms with van der Waals surface area (Å²) >= 11 is 1.56. The summed E-state index contributed by atoms with van der Waals surface area (Å²) in [5.74, 6) is 0.305.